The summed E-state index contributed by atoms with van der Waals surface area (Å²) in [6.45, 7) is 2.28. The Bertz CT molecular complexity index is 1680. The van der Waals surface area contributed by atoms with E-state index < -0.39 is 155 Å². The summed E-state index contributed by atoms with van der Waals surface area (Å²) in [4.78, 5) is 26.2. The largest absolute Gasteiger partial charge is 0.394 e. The first kappa shape index (κ1) is 78.5. The molecule has 3 fully saturated rings. The van der Waals surface area contributed by atoms with Gasteiger partial charge in [-0.25, -0.2) is 0 Å². The Hall–Kier alpha value is -1.78. The highest BCUT2D eigenvalue weighted by molar-refractivity contribution is 5.80. The number of amides is 2. The van der Waals surface area contributed by atoms with Gasteiger partial charge in [0.25, 0.3) is 0 Å². The van der Waals surface area contributed by atoms with E-state index in [1.165, 1.54) is 148 Å². The molecule has 0 aromatic carbocycles. The average Bonchev–Trinajstić information content (AvgIpc) is 3.20. The van der Waals surface area contributed by atoms with Crippen LogP contribution in [0.1, 0.15) is 252 Å². The minimum atomic E-state index is -2.03. The van der Waals surface area contributed by atoms with Crippen molar-refractivity contribution in [3.63, 3.8) is 0 Å². The molecule has 3 aliphatic heterocycles. The van der Waals surface area contributed by atoms with Gasteiger partial charge in [0, 0.05) is 6.92 Å². The van der Waals surface area contributed by atoms with Crippen molar-refractivity contribution in [1.82, 2.24) is 10.6 Å². The van der Waals surface area contributed by atoms with E-state index in [2.05, 4.69) is 24.5 Å². The van der Waals surface area contributed by atoms with Gasteiger partial charge in [0.2, 0.25) is 11.8 Å². The Kier molecular flexibility index (Phi) is 43.0. The molecule has 3 heterocycles. The van der Waals surface area contributed by atoms with Crippen LogP contribution in [0.2, 0.25) is 0 Å². The molecule has 86 heavy (non-hydrogen) atoms. The lowest BCUT2D eigenvalue weighted by Crippen LogP contribution is -2.69. The Morgan fingerprint density at radius 3 is 1.21 bits per heavy atom. The maximum atomic E-state index is 13.8. The van der Waals surface area contributed by atoms with Crippen molar-refractivity contribution in [3.05, 3.63) is 0 Å². The van der Waals surface area contributed by atoms with Crippen LogP contribution >= 0.6 is 0 Å². The Balaban J connectivity index is 1.68. The number of nitrogens with one attached hydrogen (secondary N) is 2. The highest BCUT2D eigenvalue weighted by atomic mass is 16.8. The van der Waals surface area contributed by atoms with E-state index in [4.69, 9.17) is 28.4 Å². The predicted octanol–water partition coefficient (Wildman–Crippen LogP) is 5.25. The molecule has 22 nitrogen and oxygen atoms in total. The SMILES string of the molecule is CCCCCCCCCCCCCCCCCCCCCCCCC(O)C(=O)NC(COC1OC(CO)C(O)C(OC2OC(CO)C(O)C(O)C2NC(C)=O)C1OC1OC(CO)C(O)C(O)C1O)C(O)C(O)CCCCCCCCCCCCCC. The minimum Gasteiger partial charge on any atom is -0.394 e. The standard InChI is InChI=1S/C64H122N2O20/c1-4-6-8-10-12-14-16-18-19-20-21-22-23-24-25-26-27-29-31-33-35-37-39-47(72)61(80)66-45(52(73)46(71)38-36-34-32-30-28-17-15-13-11-9-7-5-2)43-81-64-60(86-63-58(79)57(78)54(75)49(41-68)83-63)59(55(76)50(42-69)84-64)85-62-51(65-44(3)70)56(77)53(74)48(40-67)82-62/h45-60,62-64,67-69,71-79H,4-43H2,1-3H3,(H,65,70)(H,66,80). The Morgan fingerprint density at radius 1 is 0.430 bits per heavy atom. The average molecular weight is 1240 g/mol. The molecule has 3 aliphatic rings. The van der Waals surface area contributed by atoms with Gasteiger partial charge in [0.1, 0.15) is 85.4 Å². The fraction of sp³-hybridized carbons (Fsp3) is 0.969. The summed E-state index contributed by atoms with van der Waals surface area (Å²) in [6, 6.07) is -3.01. The second-order valence-electron chi connectivity index (χ2n) is 25.0. The van der Waals surface area contributed by atoms with Gasteiger partial charge in [0.15, 0.2) is 18.9 Å². The van der Waals surface area contributed by atoms with Crippen molar-refractivity contribution >= 4 is 11.8 Å². The highest BCUT2D eigenvalue weighted by Gasteiger charge is 2.55. The third kappa shape index (κ3) is 29.7. The van der Waals surface area contributed by atoms with Crippen LogP contribution < -0.4 is 10.6 Å². The van der Waals surface area contributed by atoms with Gasteiger partial charge < -0.3 is 100 Å². The summed E-state index contributed by atoms with van der Waals surface area (Å²) in [6.07, 6.45) is 10.6. The molecule has 0 radical (unpaired) electrons. The number of rotatable bonds is 51. The van der Waals surface area contributed by atoms with Crippen molar-refractivity contribution < 1.29 is 99.3 Å². The lowest BCUT2D eigenvalue weighted by molar-refractivity contribution is -0.387. The van der Waals surface area contributed by atoms with Crippen molar-refractivity contribution in [2.75, 3.05) is 26.4 Å². The molecule has 14 N–H and O–H groups in total. The third-order valence-electron chi connectivity index (χ3n) is 17.5. The molecule has 0 aliphatic carbocycles. The quantitative estimate of drug-likeness (QED) is 0.0346. The third-order valence-corrected chi connectivity index (χ3v) is 17.5. The van der Waals surface area contributed by atoms with E-state index in [0.717, 1.165) is 64.7 Å². The molecule has 508 valence electrons. The van der Waals surface area contributed by atoms with Gasteiger partial charge in [0.05, 0.1) is 38.6 Å². The highest BCUT2D eigenvalue weighted by Crippen LogP contribution is 2.34. The van der Waals surface area contributed by atoms with Gasteiger partial charge in [-0.05, 0) is 12.8 Å². The number of carbonyl (C=O) groups is 2. The van der Waals surface area contributed by atoms with Crippen LogP contribution in [0.5, 0.6) is 0 Å². The molecular formula is C64H122N2O20. The van der Waals surface area contributed by atoms with Crippen LogP contribution in [-0.2, 0) is 38.0 Å². The molecule has 0 bridgehead atoms. The number of ether oxygens (including phenoxy) is 6. The first-order valence-electron chi connectivity index (χ1n) is 34.0. The summed E-state index contributed by atoms with van der Waals surface area (Å²) in [5.74, 6) is -1.55. The number of carbonyl (C=O) groups excluding carboxylic acids is 2. The van der Waals surface area contributed by atoms with Gasteiger partial charge in [-0.15, -0.1) is 0 Å². The zero-order valence-corrected chi connectivity index (χ0v) is 52.9. The van der Waals surface area contributed by atoms with Crippen LogP contribution in [0.3, 0.4) is 0 Å². The van der Waals surface area contributed by atoms with E-state index in [1.54, 1.807) is 0 Å². The fourth-order valence-corrected chi connectivity index (χ4v) is 12.0. The van der Waals surface area contributed by atoms with Crippen molar-refractivity contribution in [1.29, 1.82) is 0 Å². The first-order chi connectivity index (χ1) is 41.5. The topological polar surface area (TPSA) is 356 Å². The minimum absolute atomic E-state index is 0.122. The first-order valence-corrected chi connectivity index (χ1v) is 34.0. The molecule has 0 aromatic rings. The molecule has 3 rings (SSSR count). The normalized spacial score (nSPS) is 29.4. The van der Waals surface area contributed by atoms with Gasteiger partial charge >= 0.3 is 0 Å². The summed E-state index contributed by atoms with van der Waals surface area (Å²) >= 11 is 0. The van der Waals surface area contributed by atoms with Gasteiger partial charge in [-0.2, -0.15) is 0 Å². The van der Waals surface area contributed by atoms with Crippen molar-refractivity contribution in [2.45, 2.75) is 368 Å². The summed E-state index contributed by atoms with van der Waals surface area (Å²) < 4.78 is 36.0. The maximum absolute atomic E-state index is 13.8. The number of aliphatic hydroxyl groups is 12. The molecule has 0 spiro atoms. The van der Waals surface area contributed by atoms with Crippen LogP contribution in [0.15, 0.2) is 0 Å². The molecule has 22 heteroatoms. The molecular weight excluding hydrogens is 1120 g/mol. The molecule has 19 atom stereocenters. The Morgan fingerprint density at radius 2 is 0.791 bits per heavy atom. The fourth-order valence-electron chi connectivity index (χ4n) is 12.0. The monoisotopic (exact) mass is 1240 g/mol. The zero-order valence-electron chi connectivity index (χ0n) is 52.9. The van der Waals surface area contributed by atoms with Crippen LogP contribution in [0, 0.1) is 0 Å². The van der Waals surface area contributed by atoms with E-state index >= 15 is 0 Å². The van der Waals surface area contributed by atoms with E-state index in [-0.39, 0.29) is 12.8 Å². The van der Waals surface area contributed by atoms with Gasteiger partial charge in [-0.1, -0.05) is 232 Å². The van der Waals surface area contributed by atoms with Crippen molar-refractivity contribution in [2.24, 2.45) is 0 Å². The molecule has 19 unspecified atom stereocenters. The summed E-state index contributed by atoms with van der Waals surface area (Å²) in [5.41, 5.74) is 0. The second-order valence-corrected chi connectivity index (χ2v) is 25.0. The van der Waals surface area contributed by atoms with E-state index in [9.17, 15) is 70.9 Å². The van der Waals surface area contributed by atoms with Crippen LogP contribution in [0.25, 0.3) is 0 Å². The molecule has 0 aromatic heterocycles. The van der Waals surface area contributed by atoms with E-state index in [0.29, 0.717) is 12.8 Å². The number of aliphatic hydroxyl groups excluding tert-OH is 12. The maximum Gasteiger partial charge on any atom is 0.249 e. The smallest absolute Gasteiger partial charge is 0.249 e. The number of unbranched alkanes of at least 4 members (excludes halogenated alkanes) is 32. The van der Waals surface area contributed by atoms with Crippen LogP contribution in [-0.4, -0.2) is 216 Å². The van der Waals surface area contributed by atoms with E-state index in [1.807, 2.05) is 0 Å². The second kappa shape index (κ2) is 47.2. The van der Waals surface area contributed by atoms with Crippen molar-refractivity contribution in [3.8, 4) is 0 Å². The number of hydrogen-bond donors (Lipinski definition) is 14. The zero-order chi connectivity index (χ0) is 63.1. The lowest BCUT2D eigenvalue weighted by atomic mass is 9.95. The molecule has 0 saturated carbocycles. The van der Waals surface area contributed by atoms with Crippen LogP contribution in [0.4, 0.5) is 0 Å². The summed E-state index contributed by atoms with van der Waals surface area (Å²) in [7, 11) is 0. The number of hydrogen-bond acceptors (Lipinski definition) is 20. The van der Waals surface area contributed by atoms with Gasteiger partial charge in [-0.3, -0.25) is 9.59 Å². The molecule has 3 saturated heterocycles. The Labute approximate surface area is 514 Å². The predicted molar refractivity (Wildman–Crippen MR) is 324 cm³/mol. The summed E-state index contributed by atoms with van der Waals surface area (Å²) in [5, 5.41) is 136. The molecule has 2 amide bonds. The lowest BCUT2D eigenvalue weighted by Gasteiger charge is -2.49.